The molecule has 2 aromatic rings. The number of ether oxygens (including phenoxy) is 2. The summed E-state index contributed by atoms with van der Waals surface area (Å²) in [7, 11) is 1.60. The van der Waals surface area contributed by atoms with Crippen molar-refractivity contribution in [2.75, 3.05) is 19.0 Å². The van der Waals surface area contributed by atoms with E-state index in [1.165, 1.54) is 11.3 Å². The van der Waals surface area contributed by atoms with Crippen molar-refractivity contribution in [3.63, 3.8) is 0 Å². The van der Waals surface area contributed by atoms with Crippen LogP contribution in [0.5, 0.6) is 11.5 Å². The van der Waals surface area contributed by atoms with Crippen molar-refractivity contribution < 1.29 is 19.4 Å². The molecule has 22 heavy (non-hydrogen) atoms. The second-order valence-electron chi connectivity index (χ2n) is 4.46. The van der Waals surface area contributed by atoms with Gasteiger partial charge in [0.15, 0.2) is 16.6 Å². The third-order valence-corrected chi connectivity index (χ3v) is 3.70. The molecule has 0 amide bonds. The number of hydrogen-bond acceptors (Lipinski definition) is 7. The molecule has 1 aromatic heterocycles. The van der Waals surface area contributed by atoms with Crippen molar-refractivity contribution in [1.29, 1.82) is 0 Å². The number of benzene rings is 1. The predicted octanol–water partition coefficient (Wildman–Crippen LogP) is 1.45. The average molecular weight is 321 g/mol. The number of rotatable bonds is 8. The fourth-order valence-corrected chi connectivity index (χ4v) is 2.60. The molecule has 1 aromatic carbocycles. The van der Waals surface area contributed by atoms with Gasteiger partial charge in [0.1, 0.15) is 0 Å². The molecule has 0 radical (unpaired) electrons. The van der Waals surface area contributed by atoms with Crippen LogP contribution < -0.4 is 19.9 Å². The van der Waals surface area contributed by atoms with Gasteiger partial charge in [-0.15, -0.1) is 11.3 Å². The highest BCUT2D eigenvalue weighted by Gasteiger charge is 2.06. The van der Waals surface area contributed by atoms with Crippen LogP contribution in [-0.2, 0) is 17.8 Å². The number of nitrogens with zero attached hydrogens (tertiary/aromatic N) is 1. The Morgan fingerprint density at radius 2 is 2.23 bits per heavy atom. The lowest BCUT2D eigenvalue weighted by Crippen LogP contribution is -2.24. The minimum atomic E-state index is -1.13. The minimum absolute atomic E-state index is 0.172. The first-order valence-electron chi connectivity index (χ1n) is 6.80. The fraction of sp³-hybridized carbons (Fsp3) is 0.333. The summed E-state index contributed by atoms with van der Waals surface area (Å²) in [4.78, 5) is 14.7. The Bertz CT molecular complexity index is 642. The van der Waals surface area contributed by atoms with Crippen LogP contribution in [0.4, 0.5) is 5.13 Å². The largest absolute Gasteiger partial charge is 0.550 e. The Kier molecular flexibility index (Phi) is 5.60. The highest BCUT2D eigenvalue weighted by molar-refractivity contribution is 7.13. The van der Waals surface area contributed by atoms with Gasteiger partial charge >= 0.3 is 0 Å². The van der Waals surface area contributed by atoms with Crippen LogP contribution in [0.25, 0.3) is 0 Å². The SMILES string of the molecule is CCOc1ccc(CNc2nc(CC(=O)[O-])cs2)cc1OC. The number of hydrogen-bond donors (Lipinski definition) is 1. The lowest BCUT2D eigenvalue weighted by Gasteiger charge is -2.11. The van der Waals surface area contributed by atoms with Crippen LogP contribution in [0.1, 0.15) is 18.2 Å². The molecule has 1 N–H and O–H groups in total. The quantitative estimate of drug-likeness (QED) is 0.792. The highest BCUT2D eigenvalue weighted by Crippen LogP contribution is 2.28. The summed E-state index contributed by atoms with van der Waals surface area (Å²) in [6.45, 7) is 3.05. The van der Waals surface area contributed by atoms with Crippen molar-refractivity contribution in [3.05, 3.63) is 34.8 Å². The van der Waals surface area contributed by atoms with Gasteiger partial charge in [0.05, 0.1) is 19.4 Å². The number of carbonyl (C=O) groups is 1. The molecular formula is C15H17N2O4S-. The average Bonchev–Trinajstić information content (AvgIpc) is 2.93. The summed E-state index contributed by atoms with van der Waals surface area (Å²) < 4.78 is 10.8. The van der Waals surface area contributed by atoms with Crippen LogP contribution >= 0.6 is 11.3 Å². The van der Waals surface area contributed by atoms with E-state index in [9.17, 15) is 9.90 Å². The van der Waals surface area contributed by atoms with E-state index in [1.54, 1.807) is 12.5 Å². The second-order valence-corrected chi connectivity index (χ2v) is 5.32. The van der Waals surface area contributed by atoms with Gasteiger partial charge < -0.3 is 24.7 Å². The van der Waals surface area contributed by atoms with Gasteiger partial charge in [-0.3, -0.25) is 0 Å². The topological polar surface area (TPSA) is 83.5 Å². The first-order valence-corrected chi connectivity index (χ1v) is 7.68. The van der Waals surface area contributed by atoms with E-state index in [2.05, 4.69) is 10.3 Å². The van der Waals surface area contributed by atoms with Crippen molar-refractivity contribution >= 4 is 22.4 Å². The monoisotopic (exact) mass is 321 g/mol. The summed E-state index contributed by atoms with van der Waals surface area (Å²) in [5.41, 5.74) is 1.51. The predicted molar refractivity (Wildman–Crippen MR) is 82.3 cm³/mol. The zero-order valence-corrected chi connectivity index (χ0v) is 13.2. The molecule has 0 spiro atoms. The second kappa shape index (κ2) is 7.65. The van der Waals surface area contributed by atoms with Crippen LogP contribution in [0.3, 0.4) is 0 Å². The van der Waals surface area contributed by atoms with Crippen molar-refractivity contribution in [3.8, 4) is 11.5 Å². The van der Waals surface area contributed by atoms with Gasteiger partial charge in [0.25, 0.3) is 0 Å². The van der Waals surface area contributed by atoms with Crippen LogP contribution in [-0.4, -0.2) is 24.7 Å². The molecule has 2 rings (SSSR count). The highest BCUT2D eigenvalue weighted by atomic mass is 32.1. The van der Waals surface area contributed by atoms with E-state index in [-0.39, 0.29) is 6.42 Å². The summed E-state index contributed by atoms with van der Waals surface area (Å²) in [6, 6.07) is 5.70. The van der Waals surface area contributed by atoms with Gasteiger partial charge in [-0.25, -0.2) is 4.98 Å². The number of nitrogens with one attached hydrogen (secondary N) is 1. The fourth-order valence-electron chi connectivity index (χ4n) is 1.89. The number of thiazole rings is 1. The number of carboxylic acid groups (broad SMARTS) is 1. The minimum Gasteiger partial charge on any atom is -0.550 e. The smallest absolute Gasteiger partial charge is 0.183 e. The Labute approximate surface area is 132 Å². The maximum absolute atomic E-state index is 10.5. The Morgan fingerprint density at radius 3 is 2.91 bits per heavy atom. The lowest BCUT2D eigenvalue weighted by atomic mass is 10.2. The molecule has 0 saturated carbocycles. The van der Waals surface area contributed by atoms with Crippen molar-refractivity contribution in [2.24, 2.45) is 0 Å². The lowest BCUT2D eigenvalue weighted by molar-refractivity contribution is -0.304. The molecule has 0 aliphatic carbocycles. The number of aromatic nitrogens is 1. The van der Waals surface area contributed by atoms with Crippen molar-refractivity contribution in [1.82, 2.24) is 4.98 Å². The number of carboxylic acids is 1. The normalized spacial score (nSPS) is 10.3. The van der Waals surface area contributed by atoms with Gasteiger partial charge in [-0.05, 0) is 24.6 Å². The van der Waals surface area contributed by atoms with Crippen LogP contribution in [0, 0.1) is 0 Å². The summed E-state index contributed by atoms with van der Waals surface area (Å²) in [5.74, 6) is 0.255. The van der Waals surface area contributed by atoms with E-state index < -0.39 is 5.97 Å². The standard InChI is InChI=1S/C15H18N2O4S/c1-3-21-12-5-4-10(6-13(12)20-2)8-16-15-17-11(9-22-15)7-14(18)19/h4-6,9H,3,7-8H2,1-2H3,(H,16,17)(H,18,19)/p-1. The Morgan fingerprint density at radius 1 is 1.41 bits per heavy atom. The van der Waals surface area contributed by atoms with Gasteiger partial charge in [-0.1, -0.05) is 6.07 Å². The number of anilines is 1. The first-order chi connectivity index (χ1) is 10.6. The molecule has 0 aliphatic heterocycles. The number of methoxy groups -OCH3 is 1. The first kappa shape index (κ1) is 16.1. The van der Waals surface area contributed by atoms with E-state index in [1.807, 2.05) is 25.1 Å². The summed E-state index contributed by atoms with van der Waals surface area (Å²) >= 11 is 1.36. The van der Waals surface area contributed by atoms with Crippen molar-refractivity contribution in [2.45, 2.75) is 19.9 Å². The maximum Gasteiger partial charge on any atom is 0.183 e. The summed E-state index contributed by atoms with van der Waals surface area (Å²) in [5, 5.41) is 16.1. The molecule has 0 atom stereocenters. The molecule has 0 aliphatic rings. The molecule has 6 nitrogen and oxygen atoms in total. The molecule has 0 bridgehead atoms. The third-order valence-electron chi connectivity index (χ3n) is 2.85. The van der Waals surface area contributed by atoms with E-state index in [0.717, 1.165) is 5.56 Å². The third kappa shape index (κ3) is 4.36. The van der Waals surface area contributed by atoms with Crippen LogP contribution in [0.15, 0.2) is 23.6 Å². The van der Waals surface area contributed by atoms with E-state index >= 15 is 0 Å². The Hall–Kier alpha value is -2.28. The molecular weight excluding hydrogens is 304 g/mol. The van der Waals surface area contributed by atoms with Gasteiger partial charge in [0.2, 0.25) is 0 Å². The zero-order valence-electron chi connectivity index (χ0n) is 12.4. The Balaban J connectivity index is 1.99. The molecule has 7 heteroatoms. The van der Waals surface area contributed by atoms with E-state index in [4.69, 9.17) is 9.47 Å². The number of carbonyl (C=O) groups excluding carboxylic acids is 1. The molecule has 0 saturated heterocycles. The van der Waals surface area contributed by atoms with E-state index in [0.29, 0.717) is 35.5 Å². The van der Waals surface area contributed by atoms with Gasteiger partial charge in [-0.2, -0.15) is 0 Å². The molecule has 0 unspecified atom stereocenters. The maximum atomic E-state index is 10.5. The zero-order chi connectivity index (χ0) is 15.9. The van der Waals surface area contributed by atoms with Gasteiger partial charge in [0, 0.05) is 24.3 Å². The molecule has 1 heterocycles. The summed E-state index contributed by atoms with van der Waals surface area (Å²) in [6.07, 6.45) is -0.172. The molecule has 118 valence electrons. The van der Waals surface area contributed by atoms with Crippen LogP contribution in [0.2, 0.25) is 0 Å². The molecule has 0 fully saturated rings. The number of aliphatic carboxylic acids is 1.